The molecule has 0 aromatic carbocycles. The van der Waals surface area contributed by atoms with E-state index in [2.05, 4.69) is 34.6 Å². The van der Waals surface area contributed by atoms with Crippen molar-refractivity contribution in [3.8, 4) is 12.3 Å². The minimum absolute atomic E-state index is 0.327. The highest BCUT2D eigenvalue weighted by Crippen LogP contribution is 2.09. The van der Waals surface area contributed by atoms with Crippen LogP contribution in [0.5, 0.6) is 0 Å². The Morgan fingerprint density at radius 3 is 3.00 bits per heavy atom. The van der Waals surface area contributed by atoms with Crippen molar-refractivity contribution in [1.82, 2.24) is 9.55 Å². The van der Waals surface area contributed by atoms with Gasteiger partial charge < -0.3 is 9.88 Å². The Hall–Kier alpha value is -1.43. The molecular weight excluding hydrogens is 174 g/mol. The summed E-state index contributed by atoms with van der Waals surface area (Å²) in [5, 5.41) is 3.34. The molecule has 1 aromatic heterocycles. The zero-order chi connectivity index (χ0) is 10.4. The standard InChI is InChI=1S/C11H17N3/c1-4-7-10(5-2)13-11-12-8-9-14(11)6-3/h1,8-10H,5-7H2,2-3H3,(H,12,13). The molecule has 1 rings (SSSR count). The summed E-state index contributed by atoms with van der Waals surface area (Å²) in [4.78, 5) is 4.24. The van der Waals surface area contributed by atoms with Crippen molar-refractivity contribution in [2.45, 2.75) is 39.3 Å². The lowest BCUT2D eigenvalue weighted by molar-refractivity contribution is 0.682. The number of aryl methyl sites for hydroxylation is 1. The fraction of sp³-hybridized carbons (Fsp3) is 0.545. The first-order valence-corrected chi connectivity index (χ1v) is 5.02. The van der Waals surface area contributed by atoms with Crippen LogP contribution in [0, 0.1) is 12.3 Å². The van der Waals surface area contributed by atoms with E-state index in [0.29, 0.717) is 6.04 Å². The molecule has 0 spiro atoms. The van der Waals surface area contributed by atoms with E-state index in [1.54, 1.807) is 6.20 Å². The van der Waals surface area contributed by atoms with E-state index >= 15 is 0 Å². The second-order valence-electron chi connectivity index (χ2n) is 3.19. The molecule has 1 N–H and O–H groups in total. The Kier molecular flexibility index (Phi) is 4.06. The maximum absolute atomic E-state index is 5.29. The maximum atomic E-state index is 5.29. The first kappa shape index (κ1) is 10.6. The van der Waals surface area contributed by atoms with Crippen LogP contribution >= 0.6 is 0 Å². The summed E-state index contributed by atoms with van der Waals surface area (Å²) in [6, 6.07) is 0.327. The number of hydrogen-bond acceptors (Lipinski definition) is 2. The summed E-state index contributed by atoms with van der Waals surface area (Å²) in [5.74, 6) is 3.58. The Balaban J connectivity index is 2.62. The predicted molar refractivity (Wildman–Crippen MR) is 59.1 cm³/mol. The molecule has 3 heteroatoms. The van der Waals surface area contributed by atoms with E-state index in [4.69, 9.17) is 6.42 Å². The summed E-state index contributed by atoms with van der Waals surface area (Å²) >= 11 is 0. The first-order chi connectivity index (χ1) is 6.81. The van der Waals surface area contributed by atoms with Gasteiger partial charge in [-0.1, -0.05) is 6.92 Å². The summed E-state index contributed by atoms with van der Waals surface area (Å²) in [7, 11) is 0. The number of anilines is 1. The minimum atomic E-state index is 0.327. The van der Waals surface area contributed by atoms with Gasteiger partial charge in [0.2, 0.25) is 5.95 Å². The average Bonchev–Trinajstić information content (AvgIpc) is 2.64. The fourth-order valence-electron chi connectivity index (χ4n) is 1.33. The molecular formula is C11H17N3. The topological polar surface area (TPSA) is 29.9 Å². The molecule has 0 fully saturated rings. The second kappa shape index (κ2) is 5.33. The third-order valence-corrected chi connectivity index (χ3v) is 2.25. The molecule has 1 aromatic rings. The number of hydrogen-bond donors (Lipinski definition) is 1. The van der Waals surface area contributed by atoms with Crippen LogP contribution in [0.15, 0.2) is 12.4 Å². The molecule has 0 aliphatic carbocycles. The van der Waals surface area contributed by atoms with Gasteiger partial charge in [-0.3, -0.25) is 0 Å². The largest absolute Gasteiger partial charge is 0.352 e. The van der Waals surface area contributed by atoms with Crippen molar-refractivity contribution in [3.05, 3.63) is 12.4 Å². The van der Waals surface area contributed by atoms with E-state index in [0.717, 1.165) is 25.3 Å². The third kappa shape index (κ3) is 2.53. The van der Waals surface area contributed by atoms with Gasteiger partial charge in [0.05, 0.1) is 0 Å². The van der Waals surface area contributed by atoms with Crippen molar-refractivity contribution in [2.75, 3.05) is 5.32 Å². The van der Waals surface area contributed by atoms with E-state index in [1.807, 2.05) is 6.20 Å². The average molecular weight is 191 g/mol. The maximum Gasteiger partial charge on any atom is 0.203 e. The number of rotatable bonds is 5. The monoisotopic (exact) mass is 191 g/mol. The summed E-state index contributed by atoms with van der Waals surface area (Å²) < 4.78 is 2.07. The smallest absolute Gasteiger partial charge is 0.203 e. The molecule has 0 saturated heterocycles. The summed E-state index contributed by atoms with van der Waals surface area (Å²) in [6.45, 7) is 5.14. The van der Waals surface area contributed by atoms with E-state index in [-0.39, 0.29) is 0 Å². The van der Waals surface area contributed by atoms with Gasteiger partial charge in [-0.2, -0.15) is 0 Å². The summed E-state index contributed by atoms with van der Waals surface area (Å²) in [6.07, 6.45) is 10.8. The minimum Gasteiger partial charge on any atom is -0.352 e. The quantitative estimate of drug-likeness (QED) is 0.722. The molecule has 1 heterocycles. The van der Waals surface area contributed by atoms with Crippen LogP contribution in [-0.4, -0.2) is 15.6 Å². The zero-order valence-corrected chi connectivity index (χ0v) is 8.83. The molecule has 0 saturated carbocycles. The van der Waals surface area contributed by atoms with Gasteiger partial charge in [-0.25, -0.2) is 4.98 Å². The van der Waals surface area contributed by atoms with Crippen LogP contribution in [-0.2, 0) is 6.54 Å². The van der Waals surface area contributed by atoms with Crippen LogP contribution in [0.1, 0.15) is 26.7 Å². The number of aromatic nitrogens is 2. The highest BCUT2D eigenvalue weighted by Gasteiger charge is 2.07. The molecule has 14 heavy (non-hydrogen) atoms. The Labute approximate surface area is 85.5 Å². The Morgan fingerprint density at radius 1 is 1.64 bits per heavy atom. The lowest BCUT2D eigenvalue weighted by Crippen LogP contribution is -2.20. The fourth-order valence-corrected chi connectivity index (χ4v) is 1.33. The highest BCUT2D eigenvalue weighted by molar-refractivity contribution is 5.28. The first-order valence-electron chi connectivity index (χ1n) is 5.02. The van der Waals surface area contributed by atoms with Crippen LogP contribution < -0.4 is 5.32 Å². The molecule has 0 aliphatic rings. The number of nitrogens with one attached hydrogen (secondary N) is 1. The van der Waals surface area contributed by atoms with Gasteiger partial charge in [0, 0.05) is 31.4 Å². The Morgan fingerprint density at radius 2 is 2.43 bits per heavy atom. The molecule has 1 unspecified atom stereocenters. The van der Waals surface area contributed by atoms with Crippen molar-refractivity contribution in [3.63, 3.8) is 0 Å². The SMILES string of the molecule is C#CCC(CC)Nc1nccn1CC. The van der Waals surface area contributed by atoms with Gasteiger partial charge in [0.25, 0.3) is 0 Å². The molecule has 0 amide bonds. The zero-order valence-electron chi connectivity index (χ0n) is 8.83. The van der Waals surface area contributed by atoms with Crippen LogP contribution in [0.3, 0.4) is 0 Å². The van der Waals surface area contributed by atoms with Crippen LogP contribution in [0.2, 0.25) is 0 Å². The third-order valence-electron chi connectivity index (χ3n) is 2.25. The molecule has 1 atom stereocenters. The molecule has 0 radical (unpaired) electrons. The normalized spacial score (nSPS) is 12.1. The van der Waals surface area contributed by atoms with Crippen molar-refractivity contribution in [1.29, 1.82) is 0 Å². The second-order valence-corrected chi connectivity index (χ2v) is 3.19. The summed E-state index contributed by atoms with van der Waals surface area (Å²) in [5.41, 5.74) is 0. The van der Waals surface area contributed by atoms with Gasteiger partial charge in [-0.15, -0.1) is 12.3 Å². The van der Waals surface area contributed by atoms with Gasteiger partial charge in [0.15, 0.2) is 0 Å². The van der Waals surface area contributed by atoms with E-state index in [1.165, 1.54) is 0 Å². The lowest BCUT2D eigenvalue weighted by Gasteiger charge is -2.15. The highest BCUT2D eigenvalue weighted by atomic mass is 15.2. The van der Waals surface area contributed by atoms with Crippen LogP contribution in [0.25, 0.3) is 0 Å². The molecule has 76 valence electrons. The van der Waals surface area contributed by atoms with Crippen molar-refractivity contribution >= 4 is 5.95 Å². The predicted octanol–water partition coefficient (Wildman–Crippen LogP) is 2.12. The molecule has 3 nitrogen and oxygen atoms in total. The van der Waals surface area contributed by atoms with Gasteiger partial charge >= 0.3 is 0 Å². The van der Waals surface area contributed by atoms with Gasteiger partial charge in [-0.05, 0) is 13.3 Å². The molecule has 0 bridgehead atoms. The number of terminal acetylenes is 1. The van der Waals surface area contributed by atoms with Crippen molar-refractivity contribution in [2.24, 2.45) is 0 Å². The number of imidazole rings is 1. The van der Waals surface area contributed by atoms with E-state index < -0.39 is 0 Å². The number of nitrogens with zero attached hydrogens (tertiary/aromatic N) is 2. The molecule has 0 aliphatic heterocycles. The van der Waals surface area contributed by atoms with Crippen molar-refractivity contribution < 1.29 is 0 Å². The Bertz CT molecular complexity index is 309. The van der Waals surface area contributed by atoms with Crippen LogP contribution in [0.4, 0.5) is 5.95 Å². The lowest BCUT2D eigenvalue weighted by atomic mass is 10.2. The van der Waals surface area contributed by atoms with Gasteiger partial charge in [0.1, 0.15) is 0 Å². The van der Waals surface area contributed by atoms with E-state index in [9.17, 15) is 0 Å².